The summed E-state index contributed by atoms with van der Waals surface area (Å²) in [6.45, 7) is 1.68. The zero-order chi connectivity index (χ0) is 16.2. The first-order chi connectivity index (χ1) is 11.2. The molecular formula is C16H14ClN5O. The number of aromatic nitrogens is 2. The molecule has 1 saturated heterocycles. The van der Waals surface area contributed by atoms with E-state index < -0.39 is 0 Å². The lowest BCUT2D eigenvalue weighted by molar-refractivity contribution is 0.0934. The van der Waals surface area contributed by atoms with Crippen LogP contribution in [0.3, 0.4) is 0 Å². The number of nitriles is 1. The largest absolute Gasteiger partial charge is 0.347 e. The molecule has 1 amide bonds. The molecule has 0 saturated carbocycles. The van der Waals surface area contributed by atoms with Gasteiger partial charge < -0.3 is 10.6 Å². The highest BCUT2D eigenvalue weighted by atomic mass is 35.5. The molecule has 1 aliphatic heterocycles. The molecule has 6 nitrogen and oxygen atoms in total. The average Bonchev–Trinajstić information content (AvgIpc) is 3.08. The van der Waals surface area contributed by atoms with Crippen molar-refractivity contribution in [2.24, 2.45) is 0 Å². The lowest BCUT2D eigenvalue weighted by Crippen LogP contribution is -2.36. The summed E-state index contributed by atoms with van der Waals surface area (Å²) >= 11 is 6.18. The van der Waals surface area contributed by atoms with Gasteiger partial charge in [0, 0.05) is 18.2 Å². The van der Waals surface area contributed by atoms with Gasteiger partial charge in [-0.15, -0.1) is 0 Å². The molecule has 1 aromatic carbocycles. The van der Waals surface area contributed by atoms with Crippen LogP contribution in [-0.2, 0) is 0 Å². The monoisotopic (exact) mass is 327 g/mol. The number of halogens is 1. The van der Waals surface area contributed by atoms with E-state index in [2.05, 4.69) is 20.6 Å². The number of carbonyl (C=O) groups excluding carboxylic acids is 1. The van der Waals surface area contributed by atoms with Gasteiger partial charge in [-0.05, 0) is 19.0 Å². The van der Waals surface area contributed by atoms with E-state index in [1.165, 1.54) is 12.4 Å². The van der Waals surface area contributed by atoms with Crippen LogP contribution >= 0.6 is 11.6 Å². The number of benzene rings is 1. The summed E-state index contributed by atoms with van der Waals surface area (Å²) in [4.78, 5) is 20.5. The van der Waals surface area contributed by atoms with E-state index in [1.807, 2.05) is 6.07 Å². The summed E-state index contributed by atoms with van der Waals surface area (Å²) < 4.78 is 0. The van der Waals surface area contributed by atoms with Gasteiger partial charge in [-0.2, -0.15) is 5.26 Å². The zero-order valence-corrected chi connectivity index (χ0v) is 13.0. The van der Waals surface area contributed by atoms with E-state index in [4.69, 9.17) is 16.9 Å². The molecule has 3 rings (SSSR count). The summed E-state index contributed by atoms with van der Waals surface area (Å²) in [7, 11) is 0. The highest BCUT2D eigenvalue weighted by Gasteiger charge is 2.18. The molecule has 0 spiro atoms. The van der Waals surface area contributed by atoms with Crippen molar-refractivity contribution in [1.82, 2.24) is 20.6 Å². The minimum atomic E-state index is -0.241. The highest BCUT2D eigenvalue weighted by molar-refractivity contribution is 6.34. The average molecular weight is 328 g/mol. The third-order valence-corrected chi connectivity index (χ3v) is 4.08. The van der Waals surface area contributed by atoms with Gasteiger partial charge >= 0.3 is 0 Å². The molecule has 1 aromatic heterocycles. The molecule has 1 aliphatic rings. The van der Waals surface area contributed by atoms with Gasteiger partial charge in [0.25, 0.3) is 5.91 Å². The van der Waals surface area contributed by atoms with Crippen LogP contribution in [0.5, 0.6) is 0 Å². The molecule has 1 fully saturated rings. The second kappa shape index (κ2) is 6.73. The van der Waals surface area contributed by atoms with Crippen LogP contribution in [0.25, 0.3) is 11.3 Å². The Bertz CT molecular complexity index is 763. The van der Waals surface area contributed by atoms with Crippen LogP contribution in [0, 0.1) is 11.3 Å². The number of rotatable bonds is 3. The maximum absolute atomic E-state index is 12.1. The zero-order valence-electron chi connectivity index (χ0n) is 12.2. The lowest BCUT2D eigenvalue weighted by Gasteiger charge is -2.11. The van der Waals surface area contributed by atoms with Crippen LogP contribution in [0.1, 0.15) is 22.5 Å². The Morgan fingerprint density at radius 1 is 1.39 bits per heavy atom. The Morgan fingerprint density at radius 3 is 2.91 bits per heavy atom. The van der Waals surface area contributed by atoms with Crippen molar-refractivity contribution in [2.75, 3.05) is 13.1 Å². The number of carbonyl (C=O) groups is 1. The van der Waals surface area contributed by atoms with Crippen LogP contribution in [-0.4, -0.2) is 35.0 Å². The summed E-state index contributed by atoms with van der Waals surface area (Å²) in [5.41, 5.74) is 1.77. The normalized spacial score (nSPS) is 16.8. The molecule has 1 atom stereocenters. The molecule has 7 heteroatoms. The van der Waals surface area contributed by atoms with Gasteiger partial charge in [0.2, 0.25) is 0 Å². The van der Waals surface area contributed by atoms with Gasteiger partial charge in [-0.25, -0.2) is 4.98 Å². The van der Waals surface area contributed by atoms with E-state index in [0.29, 0.717) is 21.8 Å². The molecular weight excluding hydrogens is 314 g/mol. The van der Waals surface area contributed by atoms with Gasteiger partial charge in [0.05, 0.1) is 28.7 Å². The summed E-state index contributed by atoms with van der Waals surface area (Å²) in [6.07, 6.45) is 3.82. The minimum Gasteiger partial charge on any atom is -0.347 e. The van der Waals surface area contributed by atoms with Crippen molar-refractivity contribution in [2.45, 2.75) is 12.5 Å². The van der Waals surface area contributed by atoms with Gasteiger partial charge in [-0.3, -0.25) is 9.78 Å². The smallest absolute Gasteiger partial charge is 0.271 e. The Labute approximate surface area is 138 Å². The second-order valence-electron chi connectivity index (χ2n) is 5.23. The van der Waals surface area contributed by atoms with Gasteiger partial charge in [0.1, 0.15) is 11.8 Å². The Morgan fingerprint density at radius 2 is 2.26 bits per heavy atom. The fourth-order valence-corrected chi connectivity index (χ4v) is 2.70. The number of amides is 1. The fraction of sp³-hybridized carbons (Fsp3) is 0.250. The first kappa shape index (κ1) is 15.4. The molecule has 0 aliphatic carbocycles. The molecule has 2 aromatic rings. The van der Waals surface area contributed by atoms with Crippen LogP contribution in [0.4, 0.5) is 0 Å². The van der Waals surface area contributed by atoms with Crippen LogP contribution < -0.4 is 10.6 Å². The molecule has 2 N–H and O–H groups in total. The Balaban J connectivity index is 1.79. The van der Waals surface area contributed by atoms with Crippen molar-refractivity contribution in [3.8, 4) is 17.3 Å². The number of hydrogen-bond donors (Lipinski definition) is 2. The lowest BCUT2D eigenvalue weighted by atomic mass is 10.1. The number of nitrogens with zero attached hydrogens (tertiary/aromatic N) is 3. The van der Waals surface area contributed by atoms with Gasteiger partial charge in [0.15, 0.2) is 0 Å². The number of hydrogen-bond acceptors (Lipinski definition) is 5. The van der Waals surface area contributed by atoms with E-state index >= 15 is 0 Å². The van der Waals surface area contributed by atoms with Crippen molar-refractivity contribution >= 4 is 17.5 Å². The molecule has 23 heavy (non-hydrogen) atoms. The van der Waals surface area contributed by atoms with Crippen molar-refractivity contribution < 1.29 is 4.79 Å². The molecule has 0 radical (unpaired) electrons. The summed E-state index contributed by atoms with van der Waals surface area (Å²) in [5.74, 6) is -0.241. The van der Waals surface area contributed by atoms with Crippen LogP contribution in [0.15, 0.2) is 30.6 Å². The minimum absolute atomic E-state index is 0.130. The van der Waals surface area contributed by atoms with Crippen molar-refractivity contribution in [3.05, 3.63) is 46.9 Å². The molecule has 0 bridgehead atoms. The van der Waals surface area contributed by atoms with Crippen molar-refractivity contribution in [1.29, 1.82) is 5.26 Å². The van der Waals surface area contributed by atoms with E-state index in [0.717, 1.165) is 19.5 Å². The SMILES string of the molecule is N#Cc1cccc(-c2cnc(C(=O)NC3CCNC3)cn2)c1Cl. The van der Waals surface area contributed by atoms with E-state index in [9.17, 15) is 4.79 Å². The third-order valence-electron chi connectivity index (χ3n) is 3.68. The third kappa shape index (κ3) is 3.31. The van der Waals surface area contributed by atoms with E-state index in [-0.39, 0.29) is 17.6 Å². The first-order valence-electron chi connectivity index (χ1n) is 7.21. The maximum Gasteiger partial charge on any atom is 0.271 e. The standard InChI is InChI=1S/C16H14ClN5O/c17-15-10(6-18)2-1-3-12(15)13-8-21-14(9-20-13)16(23)22-11-4-5-19-7-11/h1-3,8-9,11,19H,4-5,7H2,(H,22,23). The summed E-state index contributed by atoms with van der Waals surface area (Å²) in [5, 5.41) is 15.4. The van der Waals surface area contributed by atoms with Crippen LogP contribution in [0.2, 0.25) is 5.02 Å². The first-order valence-corrected chi connectivity index (χ1v) is 7.59. The molecule has 2 heterocycles. The Kier molecular flexibility index (Phi) is 4.51. The molecule has 116 valence electrons. The second-order valence-corrected chi connectivity index (χ2v) is 5.61. The van der Waals surface area contributed by atoms with E-state index in [1.54, 1.807) is 18.2 Å². The number of nitrogens with one attached hydrogen (secondary N) is 2. The predicted molar refractivity (Wildman–Crippen MR) is 85.9 cm³/mol. The molecule has 1 unspecified atom stereocenters. The Hall–Kier alpha value is -2.49. The summed E-state index contributed by atoms with van der Waals surface area (Å²) in [6, 6.07) is 7.28. The van der Waals surface area contributed by atoms with Crippen molar-refractivity contribution in [3.63, 3.8) is 0 Å². The highest BCUT2D eigenvalue weighted by Crippen LogP contribution is 2.28. The van der Waals surface area contributed by atoms with Gasteiger partial charge in [-0.1, -0.05) is 23.7 Å². The maximum atomic E-state index is 12.1. The fourth-order valence-electron chi connectivity index (χ4n) is 2.44. The predicted octanol–water partition coefficient (Wildman–Crippen LogP) is 1.76. The quantitative estimate of drug-likeness (QED) is 0.896. The topological polar surface area (TPSA) is 90.7 Å².